The molecule has 1 aromatic carbocycles. The Kier molecular flexibility index (Phi) is 3.84. The third-order valence-corrected chi connectivity index (χ3v) is 5.98. The van der Waals surface area contributed by atoms with Crippen molar-refractivity contribution in [1.82, 2.24) is 9.55 Å². The second-order valence-corrected chi connectivity index (χ2v) is 8.94. The maximum absolute atomic E-state index is 12.5. The highest BCUT2D eigenvalue weighted by Gasteiger charge is 2.36. The van der Waals surface area contributed by atoms with Gasteiger partial charge >= 0.3 is 5.97 Å². The number of aromatic nitrogens is 2. The molecular weight excluding hydrogens is 380 g/mol. The third-order valence-electron chi connectivity index (χ3n) is 5.98. The average molecular weight is 402 g/mol. The minimum absolute atomic E-state index is 0.0115. The second kappa shape index (κ2) is 6.23. The van der Waals surface area contributed by atoms with E-state index >= 15 is 0 Å². The minimum atomic E-state index is -1.21. The lowest BCUT2D eigenvalue weighted by atomic mass is 9.79. The van der Waals surface area contributed by atoms with Crippen molar-refractivity contribution in [1.29, 1.82) is 0 Å². The minimum Gasteiger partial charge on any atom is -0.477 e. The lowest BCUT2D eigenvalue weighted by Crippen LogP contribution is -2.32. The number of hydrogen-bond donors (Lipinski definition) is 2. The van der Waals surface area contributed by atoms with Crippen molar-refractivity contribution < 1.29 is 14.3 Å². The van der Waals surface area contributed by atoms with Crippen molar-refractivity contribution in [3.63, 3.8) is 0 Å². The smallest absolute Gasteiger partial charge is 0.341 e. The molecule has 3 aromatic heterocycles. The van der Waals surface area contributed by atoms with Gasteiger partial charge < -0.3 is 19.1 Å². The molecule has 0 saturated carbocycles. The maximum atomic E-state index is 12.5. The Balaban J connectivity index is 1.77. The summed E-state index contributed by atoms with van der Waals surface area (Å²) in [6, 6.07) is 11.5. The van der Waals surface area contributed by atoms with E-state index in [4.69, 9.17) is 4.42 Å². The SMILES string of the molecule is CC(C)(C)C1Cc2c(oc3cc(-c4ccc[nH]4)ccc23)-c2cc(=O)c(C(=O)O)cn21. The molecule has 4 heterocycles. The van der Waals surface area contributed by atoms with Crippen LogP contribution >= 0.6 is 0 Å². The first-order valence-electron chi connectivity index (χ1n) is 9.93. The molecule has 0 bridgehead atoms. The van der Waals surface area contributed by atoms with Crippen molar-refractivity contribution in [2.45, 2.75) is 33.2 Å². The van der Waals surface area contributed by atoms with Crippen LogP contribution in [0.3, 0.4) is 0 Å². The summed E-state index contributed by atoms with van der Waals surface area (Å²) in [7, 11) is 0. The number of furan rings is 1. The zero-order valence-corrected chi connectivity index (χ0v) is 17.0. The first kappa shape index (κ1) is 18.5. The summed E-state index contributed by atoms with van der Waals surface area (Å²) >= 11 is 0. The van der Waals surface area contributed by atoms with E-state index in [2.05, 4.69) is 37.9 Å². The standard InChI is InChI=1S/C24H22N2O4/c1-24(2,3)21-10-15-14-7-6-13(17-5-4-8-25-17)9-20(14)30-22(15)18-11-19(27)16(23(28)29)12-26(18)21/h4-9,11-12,21,25H,10H2,1-3H3,(H,28,29). The normalized spacial score (nSPS) is 15.8. The van der Waals surface area contributed by atoms with Gasteiger partial charge in [-0.25, -0.2) is 4.79 Å². The molecule has 1 aliphatic heterocycles. The Morgan fingerprint density at radius 3 is 2.70 bits per heavy atom. The van der Waals surface area contributed by atoms with Crippen LogP contribution in [0.15, 0.2) is 58.0 Å². The van der Waals surface area contributed by atoms with Gasteiger partial charge in [-0.1, -0.05) is 32.9 Å². The molecule has 0 amide bonds. The van der Waals surface area contributed by atoms with Crippen molar-refractivity contribution >= 4 is 16.9 Å². The summed E-state index contributed by atoms with van der Waals surface area (Å²) in [6.45, 7) is 6.36. The summed E-state index contributed by atoms with van der Waals surface area (Å²) in [5.41, 5.74) is 3.58. The molecule has 0 saturated heterocycles. The number of carbonyl (C=O) groups is 1. The predicted octanol–water partition coefficient (Wildman–Crippen LogP) is 5.10. The number of nitrogens with zero attached hydrogens (tertiary/aromatic N) is 1. The molecule has 4 aromatic rings. The fourth-order valence-electron chi connectivity index (χ4n) is 4.40. The lowest BCUT2D eigenvalue weighted by molar-refractivity contribution is 0.0693. The van der Waals surface area contributed by atoms with E-state index in [1.807, 2.05) is 29.0 Å². The Bertz CT molecular complexity index is 1350. The molecule has 0 fully saturated rings. The highest BCUT2D eigenvalue weighted by Crippen LogP contribution is 2.46. The molecule has 1 unspecified atom stereocenters. The van der Waals surface area contributed by atoms with E-state index in [1.54, 1.807) is 0 Å². The molecule has 0 spiro atoms. The Labute approximate surface area is 172 Å². The van der Waals surface area contributed by atoms with Crippen LogP contribution in [0.2, 0.25) is 0 Å². The zero-order chi connectivity index (χ0) is 21.2. The van der Waals surface area contributed by atoms with Crippen molar-refractivity contribution in [2.75, 3.05) is 0 Å². The van der Waals surface area contributed by atoms with Crippen LogP contribution in [0.5, 0.6) is 0 Å². The number of benzene rings is 1. The maximum Gasteiger partial charge on any atom is 0.341 e. The average Bonchev–Trinajstić information content (AvgIpc) is 3.33. The number of pyridine rings is 1. The van der Waals surface area contributed by atoms with E-state index < -0.39 is 11.4 Å². The van der Waals surface area contributed by atoms with Crippen LogP contribution in [0, 0.1) is 5.41 Å². The molecular formula is C24H22N2O4. The fraction of sp³-hybridized carbons (Fsp3) is 0.250. The quantitative estimate of drug-likeness (QED) is 0.488. The van der Waals surface area contributed by atoms with E-state index in [0.717, 1.165) is 27.8 Å². The van der Waals surface area contributed by atoms with Crippen LogP contribution in [0.1, 0.15) is 42.7 Å². The Morgan fingerprint density at radius 2 is 2.03 bits per heavy atom. The fourth-order valence-corrected chi connectivity index (χ4v) is 4.40. The molecule has 152 valence electrons. The monoisotopic (exact) mass is 402 g/mol. The molecule has 1 aliphatic rings. The number of carboxylic acids is 1. The summed E-state index contributed by atoms with van der Waals surface area (Å²) in [4.78, 5) is 27.2. The number of rotatable bonds is 2. The zero-order valence-electron chi connectivity index (χ0n) is 17.0. The Morgan fingerprint density at radius 1 is 1.23 bits per heavy atom. The third kappa shape index (κ3) is 2.71. The molecule has 30 heavy (non-hydrogen) atoms. The van der Waals surface area contributed by atoms with E-state index in [-0.39, 0.29) is 17.0 Å². The van der Waals surface area contributed by atoms with Gasteiger partial charge in [0.25, 0.3) is 0 Å². The lowest BCUT2D eigenvalue weighted by Gasteiger charge is -2.37. The number of aromatic carboxylic acids is 1. The van der Waals surface area contributed by atoms with Gasteiger partial charge in [0.05, 0.1) is 5.69 Å². The van der Waals surface area contributed by atoms with Gasteiger partial charge in [0.15, 0.2) is 11.2 Å². The van der Waals surface area contributed by atoms with E-state index in [1.165, 1.54) is 12.3 Å². The second-order valence-electron chi connectivity index (χ2n) is 8.94. The van der Waals surface area contributed by atoms with Crippen LogP contribution in [-0.2, 0) is 6.42 Å². The molecule has 6 nitrogen and oxygen atoms in total. The summed E-state index contributed by atoms with van der Waals surface area (Å²) in [6.07, 6.45) is 4.04. The van der Waals surface area contributed by atoms with Crippen LogP contribution in [0.4, 0.5) is 0 Å². The summed E-state index contributed by atoms with van der Waals surface area (Å²) < 4.78 is 8.16. The highest BCUT2D eigenvalue weighted by atomic mass is 16.4. The van der Waals surface area contributed by atoms with Gasteiger partial charge in [-0.2, -0.15) is 0 Å². The number of fused-ring (bicyclic) bond motifs is 5. The largest absolute Gasteiger partial charge is 0.477 e. The number of nitrogens with one attached hydrogen (secondary N) is 1. The first-order chi connectivity index (χ1) is 14.2. The number of carboxylic acid groups (broad SMARTS) is 1. The van der Waals surface area contributed by atoms with Crippen LogP contribution < -0.4 is 5.43 Å². The van der Waals surface area contributed by atoms with Gasteiger partial charge in [-0.3, -0.25) is 4.79 Å². The van der Waals surface area contributed by atoms with Gasteiger partial charge in [0.2, 0.25) is 0 Å². The number of aromatic amines is 1. The molecule has 0 aliphatic carbocycles. The van der Waals surface area contributed by atoms with Gasteiger partial charge in [-0.05, 0) is 30.0 Å². The van der Waals surface area contributed by atoms with Crippen molar-refractivity contribution in [3.8, 4) is 22.7 Å². The molecule has 1 atom stereocenters. The van der Waals surface area contributed by atoms with E-state index in [9.17, 15) is 14.7 Å². The van der Waals surface area contributed by atoms with Crippen LogP contribution in [-0.4, -0.2) is 20.6 Å². The van der Waals surface area contributed by atoms with Gasteiger partial charge in [-0.15, -0.1) is 0 Å². The number of hydrogen-bond acceptors (Lipinski definition) is 3. The van der Waals surface area contributed by atoms with Crippen molar-refractivity contribution in [3.05, 3.63) is 70.1 Å². The predicted molar refractivity (Wildman–Crippen MR) is 115 cm³/mol. The molecule has 5 rings (SSSR count). The Hall–Kier alpha value is -3.54. The first-order valence-corrected chi connectivity index (χ1v) is 9.93. The summed E-state index contributed by atoms with van der Waals surface area (Å²) in [5, 5.41) is 10.5. The summed E-state index contributed by atoms with van der Waals surface area (Å²) in [5.74, 6) is -0.572. The van der Waals surface area contributed by atoms with E-state index in [0.29, 0.717) is 17.9 Å². The van der Waals surface area contributed by atoms with Gasteiger partial charge in [0, 0.05) is 46.7 Å². The molecule has 0 radical (unpaired) electrons. The topological polar surface area (TPSA) is 88.2 Å². The highest BCUT2D eigenvalue weighted by molar-refractivity contribution is 5.92. The van der Waals surface area contributed by atoms with Crippen LogP contribution in [0.25, 0.3) is 33.7 Å². The number of H-pyrrole nitrogens is 1. The molecule has 6 heteroatoms. The van der Waals surface area contributed by atoms with Crippen molar-refractivity contribution in [2.24, 2.45) is 5.41 Å². The van der Waals surface area contributed by atoms with Gasteiger partial charge in [0.1, 0.15) is 11.1 Å². The molecule has 2 N–H and O–H groups in total.